The summed E-state index contributed by atoms with van der Waals surface area (Å²) in [6.07, 6.45) is 3.21. The number of hydrogen-bond acceptors (Lipinski definition) is 4. The molecule has 0 atom stereocenters. The molecule has 0 N–H and O–H groups in total. The molecule has 0 aliphatic heterocycles. The van der Waals surface area contributed by atoms with E-state index in [0.29, 0.717) is 4.90 Å². The standard InChI is InChI=1S/C20H23N3O2S/c1-22(2)13-14-23-12-11-20(21-23)18-6-4-5-17(15-18)16-7-9-19(10-8-16)26(3,24)25/h4-12,15H,13-14H2,1-3H3. The van der Waals surface area contributed by atoms with Crippen molar-refractivity contribution in [1.82, 2.24) is 14.7 Å². The molecule has 2 aromatic carbocycles. The molecule has 0 amide bonds. The Hall–Kier alpha value is -2.44. The summed E-state index contributed by atoms with van der Waals surface area (Å²) in [5.74, 6) is 0. The van der Waals surface area contributed by atoms with E-state index in [-0.39, 0.29) is 0 Å². The minimum absolute atomic E-state index is 0.331. The first-order chi connectivity index (χ1) is 12.3. The van der Waals surface area contributed by atoms with Gasteiger partial charge in [0.15, 0.2) is 9.84 Å². The van der Waals surface area contributed by atoms with Crippen LogP contribution in [-0.2, 0) is 16.4 Å². The molecule has 0 aliphatic rings. The van der Waals surface area contributed by atoms with Gasteiger partial charge in [0, 0.05) is 24.6 Å². The monoisotopic (exact) mass is 369 g/mol. The average molecular weight is 369 g/mol. The molecule has 0 radical (unpaired) electrons. The topological polar surface area (TPSA) is 55.2 Å². The third kappa shape index (κ3) is 4.39. The van der Waals surface area contributed by atoms with Crippen molar-refractivity contribution in [2.24, 2.45) is 0 Å². The van der Waals surface area contributed by atoms with Gasteiger partial charge in [0.05, 0.1) is 17.1 Å². The fourth-order valence-corrected chi connectivity index (χ4v) is 3.33. The van der Waals surface area contributed by atoms with Crippen molar-refractivity contribution in [2.75, 3.05) is 26.9 Å². The number of likely N-dealkylation sites (N-methyl/N-ethyl adjacent to an activating group) is 1. The van der Waals surface area contributed by atoms with Crippen molar-refractivity contribution in [3.05, 3.63) is 60.8 Å². The third-order valence-corrected chi connectivity index (χ3v) is 5.32. The second kappa shape index (κ2) is 7.43. The van der Waals surface area contributed by atoms with Gasteiger partial charge in [0.25, 0.3) is 0 Å². The second-order valence-corrected chi connectivity index (χ2v) is 8.66. The van der Waals surface area contributed by atoms with Gasteiger partial charge in [-0.05, 0) is 49.5 Å². The summed E-state index contributed by atoms with van der Waals surface area (Å²) < 4.78 is 25.2. The number of hydrogen-bond donors (Lipinski definition) is 0. The number of rotatable bonds is 6. The lowest BCUT2D eigenvalue weighted by Crippen LogP contribution is -2.18. The maximum atomic E-state index is 11.6. The Balaban J connectivity index is 1.84. The van der Waals surface area contributed by atoms with E-state index in [1.807, 2.05) is 61.4 Å². The van der Waals surface area contributed by atoms with Crippen LogP contribution >= 0.6 is 0 Å². The van der Waals surface area contributed by atoms with E-state index in [1.165, 1.54) is 6.26 Å². The molecule has 0 saturated carbocycles. The molecule has 3 aromatic rings. The lowest BCUT2D eigenvalue weighted by molar-refractivity contribution is 0.373. The van der Waals surface area contributed by atoms with E-state index in [9.17, 15) is 8.42 Å². The number of nitrogens with zero attached hydrogens (tertiary/aromatic N) is 3. The molecule has 5 nitrogen and oxygen atoms in total. The molecule has 26 heavy (non-hydrogen) atoms. The maximum absolute atomic E-state index is 11.6. The van der Waals surface area contributed by atoms with Crippen molar-refractivity contribution < 1.29 is 8.42 Å². The normalized spacial score (nSPS) is 11.8. The highest BCUT2D eigenvalue weighted by atomic mass is 32.2. The zero-order chi connectivity index (χ0) is 18.7. The fraction of sp³-hybridized carbons (Fsp3) is 0.250. The molecular formula is C20H23N3O2S. The third-order valence-electron chi connectivity index (χ3n) is 4.19. The lowest BCUT2D eigenvalue weighted by Gasteiger charge is -2.09. The zero-order valence-electron chi connectivity index (χ0n) is 15.3. The van der Waals surface area contributed by atoms with Gasteiger partial charge in [-0.25, -0.2) is 8.42 Å². The van der Waals surface area contributed by atoms with Crippen LogP contribution in [0.2, 0.25) is 0 Å². The molecule has 136 valence electrons. The van der Waals surface area contributed by atoms with Crippen molar-refractivity contribution >= 4 is 9.84 Å². The van der Waals surface area contributed by atoms with Crippen LogP contribution in [0.3, 0.4) is 0 Å². The van der Waals surface area contributed by atoms with Crippen molar-refractivity contribution in [3.63, 3.8) is 0 Å². The first-order valence-electron chi connectivity index (χ1n) is 8.42. The summed E-state index contributed by atoms with van der Waals surface area (Å²) in [5.41, 5.74) is 3.98. The molecule has 0 saturated heterocycles. The van der Waals surface area contributed by atoms with Crippen LogP contribution in [0.15, 0.2) is 65.7 Å². The molecule has 3 rings (SSSR count). The summed E-state index contributed by atoms with van der Waals surface area (Å²) >= 11 is 0. The molecule has 0 fully saturated rings. The predicted octanol–water partition coefficient (Wildman–Crippen LogP) is 3.18. The van der Waals surface area contributed by atoms with Crippen molar-refractivity contribution in [3.8, 4) is 22.4 Å². The van der Waals surface area contributed by atoms with Gasteiger partial charge in [-0.2, -0.15) is 5.10 Å². The lowest BCUT2D eigenvalue weighted by atomic mass is 10.0. The van der Waals surface area contributed by atoms with Crippen LogP contribution in [-0.4, -0.2) is 50.0 Å². The maximum Gasteiger partial charge on any atom is 0.175 e. The summed E-state index contributed by atoms with van der Waals surface area (Å²) in [7, 11) is 0.911. The van der Waals surface area contributed by atoms with Crippen LogP contribution in [0.5, 0.6) is 0 Å². The van der Waals surface area contributed by atoms with Crippen LogP contribution in [0.1, 0.15) is 0 Å². The quantitative estimate of drug-likeness (QED) is 0.670. The van der Waals surface area contributed by atoms with Crippen LogP contribution < -0.4 is 0 Å². The summed E-state index contributed by atoms with van der Waals surface area (Å²) in [4.78, 5) is 2.46. The molecule has 0 spiro atoms. The predicted molar refractivity (Wildman–Crippen MR) is 105 cm³/mol. The van der Waals surface area contributed by atoms with Gasteiger partial charge in [0.1, 0.15) is 0 Å². The molecule has 0 bridgehead atoms. The second-order valence-electron chi connectivity index (χ2n) is 6.64. The first-order valence-corrected chi connectivity index (χ1v) is 10.3. The Morgan fingerprint density at radius 3 is 2.31 bits per heavy atom. The number of sulfone groups is 1. The molecule has 0 unspecified atom stereocenters. The van der Waals surface area contributed by atoms with Gasteiger partial charge in [-0.15, -0.1) is 0 Å². The Morgan fingerprint density at radius 2 is 1.65 bits per heavy atom. The minimum Gasteiger partial charge on any atom is -0.308 e. The first kappa shape index (κ1) is 18.4. The van der Waals surface area contributed by atoms with Crippen molar-refractivity contribution in [1.29, 1.82) is 0 Å². The summed E-state index contributed by atoms with van der Waals surface area (Å²) in [5, 5.41) is 4.64. The largest absolute Gasteiger partial charge is 0.308 e. The molecule has 1 heterocycles. The van der Waals surface area contributed by atoms with E-state index in [2.05, 4.69) is 16.1 Å². The van der Waals surface area contributed by atoms with Crippen LogP contribution in [0, 0.1) is 0 Å². The van der Waals surface area contributed by atoms with E-state index < -0.39 is 9.84 Å². The minimum atomic E-state index is -3.18. The zero-order valence-corrected chi connectivity index (χ0v) is 16.1. The summed E-state index contributed by atoms with van der Waals surface area (Å²) in [6, 6.07) is 17.1. The highest BCUT2D eigenvalue weighted by molar-refractivity contribution is 7.90. The Morgan fingerprint density at radius 1 is 0.962 bits per heavy atom. The van der Waals surface area contributed by atoms with E-state index in [4.69, 9.17) is 0 Å². The van der Waals surface area contributed by atoms with Crippen LogP contribution in [0.25, 0.3) is 22.4 Å². The van der Waals surface area contributed by atoms with Gasteiger partial charge >= 0.3 is 0 Å². The van der Waals surface area contributed by atoms with Crippen LogP contribution in [0.4, 0.5) is 0 Å². The van der Waals surface area contributed by atoms with E-state index in [0.717, 1.165) is 35.5 Å². The number of aromatic nitrogens is 2. The van der Waals surface area contributed by atoms with E-state index in [1.54, 1.807) is 12.1 Å². The highest BCUT2D eigenvalue weighted by Gasteiger charge is 2.08. The van der Waals surface area contributed by atoms with Gasteiger partial charge in [0.2, 0.25) is 0 Å². The number of benzene rings is 2. The van der Waals surface area contributed by atoms with Crippen molar-refractivity contribution in [2.45, 2.75) is 11.4 Å². The SMILES string of the molecule is CN(C)CCn1ccc(-c2cccc(-c3ccc(S(C)(=O)=O)cc3)c2)n1. The summed E-state index contributed by atoms with van der Waals surface area (Å²) in [6.45, 7) is 1.79. The fourth-order valence-electron chi connectivity index (χ4n) is 2.70. The Labute approximate surface area is 154 Å². The molecular weight excluding hydrogens is 346 g/mol. The van der Waals surface area contributed by atoms with Gasteiger partial charge in [-0.1, -0.05) is 30.3 Å². The molecule has 1 aromatic heterocycles. The van der Waals surface area contributed by atoms with E-state index >= 15 is 0 Å². The highest BCUT2D eigenvalue weighted by Crippen LogP contribution is 2.26. The Kier molecular flexibility index (Phi) is 5.25. The van der Waals surface area contributed by atoms with Gasteiger partial charge in [-0.3, -0.25) is 4.68 Å². The molecule has 6 heteroatoms. The van der Waals surface area contributed by atoms with Gasteiger partial charge < -0.3 is 4.90 Å². The smallest absolute Gasteiger partial charge is 0.175 e. The average Bonchev–Trinajstić information content (AvgIpc) is 3.08. The molecule has 0 aliphatic carbocycles. The Bertz CT molecular complexity index is 990.